The number of thiazole rings is 2. The van der Waals surface area contributed by atoms with Crippen LogP contribution in [-0.4, -0.2) is 61.8 Å². The molecule has 50 heavy (non-hydrogen) atoms. The van der Waals surface area contributed by atoms with Gasteiger partial charge in [-0.2, -0.15) is 11.3 Å². The van der Waals surface area contributed by atoms with Crippen molar-refractivity contribution in [3.8, 4) is 17.1 Å². The Kier molecular flexibility index (Phi) is 16.8. The van der Waals surface area contributed by atoms with E-state index in [0.717, 1.165) is 0 Å². The van der Waals surface area contributed by atoms with Gasteiger partial charge in [0, 0.05) is 16.0 Å². The molecule has 0 saturated carbocycles. The number of benzene rings is 2. The van der Waals surface area contributed by atoms with E-state index in [1.54, 1.807) is 17.9 Å². The molecule has 6 aromatic rings. The summed E-state index contributed by atoms with van der Waals surface area (Å²) < 4.78 is 44.9. The van der Waals surface area contributed by atoms with Crippen LogP contribution in [0.25, 0.3) is 32.1 Å². The zero-order chi connectivity index (χ0) is 35.0. The molecule has 0 aliphatic rings. The number of nitrogens with zero attached hydrogens (tertiary/aromatic N) is 4. The number of halogens is 3. The Balaban J connectivity index is 0.000000312. The van der Waals surface area contributed by atoms with Gasteiger partial charge in [0.2, 0.25) is 0 Å². The third-order valence-electron chi connectivity index (χ3n) is 6.26. The summed E-state index contributed by atoms with van der Waals surface area (Å²) >= 11 is 4.74. The summed E-state index contributed by atoms with van der Waals surface area (Å²) in [4.78, 5) is 58.5. The van der Waals surface area contributed by atoms with Gasteiger partial charge in [-0.15, -0.1) is 17.4 Å². The van der Waals surface area contributed by atoms with Gasteiger partial charge in [-0.05, 0) is 65.4 Å². The van der Waals surface area contributed by atoms with Crippen LogP contribution in [0.2, 0.25) is 0 Å². The molecule has 0 atom stereocenters. The van der Waals surface area contributed by atoms with Crippen LogP contribution in [0.5, 0.6) is 5.75 Å². The second-order valence-corrected chi connectivity index (χ2v) is 12.3. The predicted octanol–water partition coefficient (Wildman–Crippen LogP) is 3.21. The largest absolute Gasteiger partial charge is 1.00 e. The number of fused-ring (bicyclic) bond motifs is 2. The maximum absolute atomic E-state index is 13.2. The number of ether oxygens (including phenoxy) is 3. The first kappa shape index (κ1) is 42.6. The molecule has 0 saturated heterocycles. The molecule has 18 heteroatoms. The van der Waals surface area contributed by atoms with E-state index in [1.165, 1.54) is 99.0 Å². The molecule has 0 fully saturated rings. The SMILES string of the molecule is CCI.CCOc1c(C(=O)OC)c(=O)n(-c2ccc(F)cc2)c2scnc12.COC(=O)c1[c-]c2ncsc2n(-c2ccc(F)cc2)c1=O.[Na+].[OH-]. The second-order valence-electron chi connectivity index (χ2n) is 9.13. The monoisotopic (exact) mass is 847 g/mol. The minimum absolute atomic E-state index is 0. The standard InChI is InChI=1S/C16H13FN2O4S.C14H8FN2O3S.C2H5I.Na.H2O/c1-3-23-13-11(16(21)22-2)14(20)19(15-12(13)18-8-24-15)10-6-4-9(17)5-7-10;1-20-14(19)10-6-11-13(21-7-16-11)17(12(10)18)9-4-2-8(15)3-5-9;1-2-3;;/h4-8H,3H2,1-2H3;2-5,7H,1H3;2H2,1H3;;1H2/q;-1;;+1;/p-1. The molecule has 0 amide bonds. The van der Waals surface area contributed by atoms with Crippen LogP contribution in [0, 0.1) is 17.7 Å². The van der Waals surface area contributed by atoms with E-state index >= 15 is 0 Å². The van der Waals surface area contributed by atoms with Crippen molar-refractivity contribution in [2.75, 3.05) is 25.3 Å². The maximum atomic E-state index is 13.2. The minimum Gasteiger partial charge on any atom is -0.870 e. The molecule has 258 valence electrons. The topological polar surface area (TPSA) is 162 Å². The molecule has 6 rings (SSSR count). The molecule has 0 spiro atoms. The van der Waals surface area contributed by atoms with Gasteiger partial charge in [0.25, 0.3) is 11.5 Å². The van der Waals surface area contributed by atoms with Crippen LogP contribution >= 0.6 is 45.3 Å². The summed E-state index contributed by atoms with van der Waals surface area (Å²) in [5, 5.41) is 0. The van der Waals surface area contributed by atoms with E-state index in [-0.39, 0.29) is 58.5 Å². The van der Waals surface area contributed by atoms with Crippen LogP contribution in [-0.2, 0) is 9.47 Å². The Morgan fingerprint density at radius 1 is 0.820 bits per heavy atom. The molecule has 12 nitrogen and oxygen atoms in total. The van der Waals surface area contributed by atoms with Crippen LogP contribution in [0.3, 0.4) is 0 Å². The number of rotatable bonds is 6. The third kappa shape index (κ3) is 9.19. The quantitative estimate of drug-likeness (QED) is 0.0801. The number of alkyl halides is 1. The number of esters is 2. The Labute approximate surface area is 327 Å². The van der Waals surface area contributed by atoms with E-state index in [0.29, 0.717) is 32.1 Å². The fraction of sp³-hybridized carbons (Fsp3) is 0.188. The maximum Gasteiger partial charge on any atom is 1.00 e. The van der Waals surface area contributed by atoms with Gasteiger partial charge in [0.1, 0.15) is 22.0 Å². The van der Waals surface area contributed by atoms with Gasteiger partial charge in [0.15, 0.2) is 16.9 Å². The Hall–Kier alpha value is -3.59. The van der Waals surface area contributed by atoms with Crippen molar-refractivity contribution in [2.45, 2.75) is 13.8 Å². The van der Waals surface area contributed by atoms with Gasteiger partial charge in [0.05, 0.1) is 37.5 Å². The van der Waals surface area contributed by atoms with Crippen LogP contribution in [0.1, 0.15) is 34.6 Å². The molecular formula is C32H27F2IN4NaO8S2-. The Bertz CT molecular complexity index is 2190. The average Bonchev–Trinajstić information content (AvgIpc) is 3.76. The Morgan fingerprint density at radius 3 is 1.80 bits per heavy atom. The Morgan fingerprint density at radius 2 is 1.30 bits per heavy atom. The number of methoxy groups -OCH3 is 2. The first-order valence-corrected chi connectivity index (χ1v) is 17.2. The zero-order valence-electron chi connectivity index (χ0n) is 27.2. The predicted molar refractivity (Wildman–Crippen MR) is 190 cm³/mol. The van der Waals surface area contributed by atoms with Gasteiger partial charge >= 0.3 is 35.5 Å². The molecule has 4 aromatic heterocycles. The number of hydrogen-bond donors (Lipinski definition) is 0. The molecule has 4 heterocycles. The number of carbonyl (C=O) groups is 2. The van der Waals surface area contributed by atoms with Gasteiger partial charge in [-0.25, -0.2) is 18.6 Å². The molecule has 0 aliphatic carbocycles. The van der Waals surface area contributed by atoms with Crippen molar-refractivity contribution in [3.63, 3.8) is 0 Å². The van der Waals surface area contributed by atoms with E-state index in [4.69, 9.17) is 9.47 Å². The van der Waals surface area contributed by atoms with Gasteiger partial charge < -0.3 is 33.8 Å². The molecule has 0 aliphatic heterocycles. The summed E-state index contributed by atoms with van der Waals surface area (Å²) in [5.74, 6) is -2.33. The van der Waals surface area contributed by atoms with Crippen molar-refractivity contribution >= 4 is 77.9 Å². The summed E-state index contributed by atoms with van der Waals surface area (Å²) in [6, 6.07) is 13.4. The summed E-state index contributed by atoms with van der Waals surface area (Å²) in [6.07, 6.45) is 0. The summed E-state index contributed by atoms with van der Waals surface area (Å²) in [6.45, 7) is 4.11. The molecular weight excluding hydrogens is 820 g/mol. The van der Waals surface area contributed by atoms with Crippen molar-refractivity contribution in [1.82, 2.24) is 19.1 Å². The van der Waals surface area contributed by atoms with Crippen LogP contribution < -0.4 is 45.4 Å². The first-order valence-electron chi connectivity index (χ1n) is 13.9. The minimum atomic E-state index is -0.811. The third-order valence-corrected chi connectivity index (χ3v) is 7.88. The fourth-order valence-corrected chi connectivity index (χ4v) is 5.87. The van der Waals surface area contributed by atoms with E-state index < -0.39 is 34.7 Å². The second kappa shape index (κ2) is 19.7. The number of aromatic nitrogens is 4. The molecule has 1 N–H and O–H groups in total. The zero-order valence-corrected chi connectivity index (χ0v) is 33.0. The van der Waals surface area contributed by atoms with Crippen molar-refractivity contribution in [1.29, 1.82) is 0 Å². The van der Waals surface area contributed by atoms with E-state index in [2.05, 4.69) is 50.3 Å². The molecule has 0 unspecified atom stereocenters. The van der Waals surface area contributed by atoms with Crippen molar-refractivity contribution < 1.29 is 67.6 Å². The number of hydrogen-bond acceptors (Lipinski definition) is 12. The first-order chi connectivity index (χ1) is 23.1. The van der Waals surface area contributed by atoms with E-state index in [1.807, 2.05) is 0 Å². The summed E-state index contributed by atoms with van der Waals surface area (Å²) in [7, 11) is 2.37. The van der Waals surface area contributed by atoms with Crippen LogP contribution in [0.4, 0.5) is 8.78 Å². The van der Waals surface area contributed by atoms with E-state index in [9.17, 15) is 28.0 Å². The van der Waals surface area contributed by atoms with Gasteiger partial charge in [-0.1, -0.05) is 29.5 Å². The number of carbonyl (C=O) groups excluding carboxylic acids is 2. The van der Waals surface area contributed by atoms with Crippen molar-refractivity contribution in [3.05, 3.63) is 109 Å². The fourth-order valence-electron chi connectivity index (χ4n) is 4.29. The van der Waals surface area contributed by atoms with Gasteiger partial charge in [-0.3, -0.25) is 14.3 Å². The average molecular weight is 848 g/mol. The number of pyridine rings is 2. The smallest absolute Gasteiger partial charge is 0.870 e. The molecule has 2 aromatic carbocycles. The summed E-state index contributed by atoms with van der Waals surface area (Å²) in [5.41, 5.74) is 3.06. The molecule has 0 bridgehead atoms. The van der Waals surface area contributed by atoms with Crippen LogP contribution in [0.15, 0.2) is 69.1 Å². The normalized spacial score (nSPS) is 10.1. The van der Waals surface area contributed by atoms with Crippen molar-refractivity contribution in [2.24, 2.45) is 0 Å². The molecule has 0 radical (unpaired) electrons.